The Hall–Kier alpha value is -1.30. The van der Waals surface area contributed by atoms with E-state index < -0.39 is 18.6 Å². The third-order valence-corrected chi connectivity index (χ3v) is 1.59. The number of para-hydroxylation sites is 1. The molecule has 0 radical (unpaired) electrons. The first-order valence-corrected chi connectivity index (χ1v) is 4.51. The van der Waals surface area contributed by atoms with E-state index in [1.165, 1.54) is 18.2 Å². The van der Waals surface area contributed by atoms with Crippen molar-refractivity contribution in [1.29, 1.82) is 0 Å². The highest BCUT2D eigenvalue weighted by Gasteiger charge is 2.27. The maximum Gasteiger partial charge on any atom is 0.411 e. The molecule has 0 N–H and O–H groups in total. The van der Waals surface area contributed by atoms with Gasteiger partial charge >= 0.3 is 6.18 Å². The predicted molar refractivity (Wildman–Crippen MR) is 48.8 cm³/mol. The van der Waals surface area contributed by atoms with Gasteiger partial charge in [0, 0.05) is 0 Å². The molecule has 2 nitrogen and oxygen atoms in total. The second-order valence-corrected chi connectivity index (χ2v) is 2.95. The van der Waals surface area contributed by atoms with Crippen LogP contribution in [-0.2, 0) is 4.74 Å². The molecule has 1 aromatic carbocycles. The lowest BCUT2D eigenvalue weighted by atomic mass is 10.3. The number of rotatable bonds is 5. The zero-order valence-electron chi connectivity index (χ0n) is 8.26. The van der Waals surface area contributed by atoms with E-state index in [0.29, 0.717) is 0 Å². The smallest absolute Gasteiger partial charge is 0.411 e. The third kappa shape index (κ3) is 4.97. The van der Waals surface area contributed by atoms with E-state index in [-0.39, 0.29) is 19.0 Å². The first-order chi connectivity index (χ1) is 7.49. The van der Waals surface area contributed by atoms with Crippen LogP contribution in [0.25, 0.3) is 0 Å². The van der Waals surface area contributed by atoms with Crippen molar-refractivity contribution >= 4 is 0 Å². The molecule has 0 saturated heterocycles. The van der Waals surface area contributed by atoms with E-state index in [2.05, 4.69) is 4.74 Å². The summed E-state index contributed by atoms with van der Waals surface area (Å²) in [4.78, 5) is 0. The summed E-state index contributed by atoms with van der Waals surface area (Å²) >= 11 is 0. The fraction of sp³-hybridized carbons (Fsp3) is 0.400. The third-order valence-electron chi connectivity index (χ3n) is 1.59. The van der Waals surface area contributed by atoms with Crippen molar-refractivity contribution in [3.8, 4) is 5.75 Å². The summed E-state index contributed by atoms with van der Waals surface area (Å²) in [5.41, 5.74) is 0. The standard InChI is InChI=1S/C10H10F4O2/c11-8-3-1-2-4-9(8)16-6-5-15-7-10(12,13)14/h1-4H,5-7H2. The Morgan fingerprint density at radius 1 is 1.06 bits per heavy atom. The topological polar surface area (TPSA) is 18.5 Å². The molecular formula is C10H10F4O2. The number of hydrogen-bond acceptors (Lipinski definition) is 2. The Kier molecular flexibility index (Phi) is 4.54. The summed E-state index contributed by atoms with van der Waals surface area (Å²) in [5.74, 6) is -0.559. The normalized spacial score (nSPS) is 11.5. The van der Waals surface area contributed by atoms with Gasteiger partial charge in [-0.2, -0.15) is 13.2 Å². The number of alkyl halides is 3. The van der Waals surface area contributed by atoms with Crippen molar-refractivity contribution < 1.29 is 27.0 Å². The van der Waals surface area contributed by atoms with E-state index in [1.54, 1.807) is 6.07 Å². The highest BCUT2D eigenvalue weighted by molar-refractivity contribution is 5.23. The minimum absolute atomic E-state index is 0.00175. The van der Waals surface area contributed by atoms with Gasteiger partial charge in [-0.05, 0) is 12.1 Å². The van der Waals surface area contributed by atoms with Crippen molar-refractivity contribution in [3.05, 3.63) is 30.1 Å². The van der Waals surface area contributed by atoms with Crippen LogP contribution in [0, 0.1) is 5.82 Å². The Bertz CT molecular complexity index is 325. The molecule has 0 aliphatic carbocycles. The summed E-state index contributed by atoms with van der Waals surface area (Å²) in [6.07, 6.45) is -4.35. The van der Waals surface area contributed by atoms with Gasteiger partial charge < -0.3 is 9.47 Å². The van der Waals surface area contributed by atoms with Crippen molar-refractivity contribution in [3.63, 3.8) is 0 Å². The summed E-state index contributed by atoms with van der Waals surface area (Å²) in [5, 5.41) is 0. The van der Waals surface area contributed by atoms with Gasteiger partial charge in [-0.3, -0.25) is 0 Å². The molecule has 0 spiro atoms. The predicted octanol–water partition coefficient (Wildman–Crippen LogP) is 2.78. The average Bonchev–Trinajstić information content (AvgIpc) is 2.18. The van der Waals surface area contributed by atoms with Crippen LogP contribution in [0.1, 0.15) is 0 Å². The first kappa shape index (κ1) is 12.8. The number of ether oxygens (including phenoxy) is 2. The highest BCUT2D eigenvalue weighted by atomic mass is 19.4. The molecule has 0 bridgehead atoms. The van der Waals surface area contributed by atoms with E-state index in [1.807, 2.05) is 0 Å². The zero-order chi connectivity index (χ0) is 12.0. The lowest BCUT2D eigenvalue weighted by molar-refractivity contribution is -0.175. The van der Waals surface area contributed by atoms with Crippen LogP contribution in [-0.4, -0.2) is 26.0 Å². The largest absolute Gasteiger partial charge is 0.488 e. The molecule has 0 amide bonds. The Balaban J connectivity index is 2.19. The molecule has 0 aromatic heterocycles. The van der Waals surface area contributed by atoms with Crippen LogP contribution in [0.5, 0.6) is 5.75 Å². The summed E-state index contributed by atoms with van der Waals surface area (Å²) < 4.78 is 57.0. The van der Waals surface area contributed by atoms with Gasteiger partial charge in [-0.25, -0.2) is 4.39 Å². The second-order valence-electron chi connectivity index (χ2n) is 2.95. The Morgan fingerprint density at radius 2 is 1.75 bits per heavy atom. The van der Waals surface area contributed by atoms with Crippen molar-refractivity contribution in [2.45, 2.75) is 6.18 Å². The summed E-state index contributed by atoms with van der Waals surface area (Å²) in [7, 11) is 0. The van der Waals surface area contributed by atoms with Crippen LogP contribution in [0.4, 0.5) is 17.6 Å². The highest BCUT2D eigenvalue weighted by Crippen LogP contribution is 2.16. The molecule has 0 atom stereocenters. The van der Waals surface area contributed by atoms with Crippen LogP contribution < -0.4 is 4.74 Å². The maximum absolute atomic E-state index is 12.9. The monoisotopic (exact) mass is 238 g/mol. The molecule has 6 heteroatoms. The average molecular weight is 238 g/mol. The van der Waals surface area contributed by atoms with Crippen molar-refractivity contribution in [2.24, 2.45) is 0 Å². The SMILES string of the molecule is Fc1ccccc1OCCOCC(F)(F)F. The first-order valence-electron chi connectivity index (χ1n) is 4.51. The van der Waals surface area contributed by atoms with Crippen molar-refractivity contribution in [2.75, 3.05) is 19.8 Å². The molecule has 90 valence electrons. The van der Waals surface area contributed by atoms with Gasteiger partial charge in [0.2, 0.25) is 0 Å². The molecule has 0 aliphatic heterocycles. The van der Waals surface area contributed by atoms with Crippen LogP contribution in [0.15, 0.2) is 24.3 Å². The number of halogens is 4. The minimum atomic E-state index is -4.35. The molecule has 1 aromatic rings. The molecule has 1 rings (SSSR count). The second kappa shape index (κ2) is 5.69. The van der Waals surface area contributed by atoms with Gasteiger partial charge in [0.05, 0.1) is 6.61 Å². The van der Waals surface area contributed by atoms with E-state index in [0.717, 1.165) is 0 Å². The van der Waals surface area contributed by atoms with Gasteiger partial charge in [-0.15, -0.1) is 0 Å². The molecule has 0 unspecified atom stereocenters. The minimum Gasteiger partial charge on any atom is -0.488 e. The van der Waals surface area contributed by atoms with Gasteiger partial charge in [-0.1, -0.05) is 12.1 Å². The zero-order valence-corrected chi connectivity index (χ0v) is 8.26. The van der Waals surface area contributed by atoms with E-state index >= 15 is 0 Å². The van der Waals surface area contributed by atoms with Crippen LogP contribution in [0.3, 0.4) is 0 Å². The van der Waals surface area contributed by atoms with E-state index in [4.69, 9.17) is 4.74 Å². The molecule has 0 saturated carbocycles. The van der Waals surface area contributed by atoms with Crippen LogP contribution >= 0.6 is 0 Å². The fourth-order valence-corrected chi connectivity index (χ4v) is 0.960. The molecule has 0 fully saturated rings. The number of benzene rings is 1. The quantitative estimate of drug-likeness (QED) is 0.580. The lowest BCUT2D eigenvalue weighted by Crippen LogP contribution is -2.19. The molecule has 16 heavy (non-hydrogen) atoms. The van der Waals surface area contributed by atoms with Gasteiger partial charge in [0.1, 0.15) is 13.2 Å². The Labute approximate surface area is 89.8 Å². The maximum atomic E-state index is 12.9. The molecular weight excluding hydrogens is 228 g/mol. The van der Waals surface area contributed by atoms with Crippen LogP contribution in [0.2, 0.25) is 0 Å². The summed E-state index contributed by atoms with van der Waals surface area (Å²) in [6, 6.07) is 5.64. The van der Waals surface area contributed by atoms with Gasteiger partial charge in [0.15, 0.2) is 11.6 Å². The Morgan fingerprint density at radius 3 is 2.38 bits per heavy atom. The lowest BCUT2D eigenvalue weighted by Gasteiger charge is -2.09. The molecule has 0 aliphatic rings. The fourth-order valence-electron chi connectivity index (χ4n) is 0.960. The van der Waals surface area contributed by atoms with E-state index in [9.17, 15) is 17.6 Å². The van der Waals surface area contributed by atoms with Crippen molar-refractivity contribution in [1.82, 2.24) is 0 Å². The number of hydrogen-bond donors (Lipinski definition) is 0. The van der Waals surface area contributed by atoms with Gasteiger partial charge in [0.25, 0.3) is 0 Å². The summed E-state index contributed by atoms with van der Waals surface area (Å²) in [6.45, 7) is -1.70. The molecule has 0 heterocycles.